The number of hydrazine groups is 1. The van der Waals surface area contributed by atoms with Gasteiger partial charge in [-0.2, -0.15) is 0 Å². The zero-order chi connectivity index (χ0) is 13.1. The van der Waals surface area contributed by atoms with Crippen molar-refractivity contribution in [3.8, 4) is 22.8 Å². The molecule has 0 atom stereocenters. The van der Waals surface area contributed by atoms with E-state index in [0.29, 0.717) is 11.6 Å². The molecule has 3 rings (SSSR count). The maximum absolute atomic E-state index is 5.46. The van der Waals surface area contributed by atoms with Crippen molar-refractivity contribution in [1.82, 2.24) is 15.0 Å². The molecular formula is C13H11N5S. The average molecular weight is 269 g/mol. The summed E-state index contributed by atoms with van der Waals surface area (Å²) < 4.78 is 0. The fourth-order valence-electron chi connectivity index (χ4n) is 1.72. The third-order valence-corrected chi connectivity index (χ3v) is 3.19. The minimum Gasteiger partial charge on any atom is -0.308 e. The molecule has 0 bridgehead atoms. The fourth-order valence-corrected chi connectivity index (χ4v) is 2.25. The molecule has 0 fully saturated rings. The van der Waals surface area contributed by atoms with Crippen LogP contribution in [-0.4, -0.2) is 15.0 Å². The van der Waals surface area contributed by atoms with E-state index in [1.165, 1.54) is 11.3 Å². The maximum Gasteiger partial charge on any atom is 0.181 e. The lowest BCUT2D eigenvalue weighted by Crippen LogP contribution is -2.10. The summed E-state index contributed by atoms with van der Waals surface area (Å²) in [6.07, 6.45) is 0. The Morgan fingerprint density at radius 2 is 1.89 bits per heavy atom. The van der Waals surface area contributed by atoms with Crippen molar-refractivity contribution in [2.75, 3.05) is 5.43 Å². The quantitative estimate of drug-likeness (QED) is 0.564. The van der Waals surface area contributed by atoms with Crippen molar-refractivity contribution in [1.29, 1.82) is 0 Å². The Kier molecular flexibility index (Phi) is 3.18. The molecule has 0 aliphatic rings. The van der Waals surface area contributed by atoms with Crippen LogP contribution in [0.2, 0.25) is 0 Å². The molecule has 0 radical (unpaired) electrons. The Morgan fingerprint density at radius 1 is 1.05 bits per heavy atom. The zero-order valence-corrected chi connectivity index (χ0v) is 10.8. The molecule has 3 aromatic rings. The first-order chi connectivity index (χ1) is 9.36. The molecule has 0 unspecified atom stereocenters. The van der Waals surface area contributed by atoms with Crippen LogP contribution in [0.5, 0.6) is 0 Å². The van der Waals surface area contributed by atoms with Crippen LogP contribution in [-0.2, 0) is 0 Å². The third-order valence-electron chi connectivity index (χ3n) is 2.61. The van der Waals surface area contributed by atoms with Gasteiger partial charge in [-0.25, -0.2) is 20.8 Å². The van der Waals surface area contributed by atoms with E-state index in [4.69, 9.17) is 5.84 Å². The van der Waals surface area contributed by atoms with Crippen LogP contribution in [0.4, 0.5) is 5.82 Å². The van der Waals surface area contributed by atoms with E-state index in [0.717, 1.165) is 17.0 Å². The summed E-state index contributed by atoms with van der Waals surface area (Å²) >= 11 is 1.51. The predicted molar refractivity (Wildman–Crippen MR) is 76.4 cm³/mol. The number of rotatable bonds is 3. The number of benzene rings is 1. The van der Waals surface area contributed by atoms with Crippen LogP contribution in [0.25, 0.3) is 22.8 Å². The molecule has 2 aromatic heterocycles. The third kappa shape index (κ3) is 2.44. The Hall–Kier alpha value is -2.31. The minimum atomic E-state index is 0.565. The van der Waals surface area contributed by atoms with Crippen LogP contribution < -0.4 is 11.3 Å². The maximum atomic E-state index is 5.46. The van der Waals surface area contributed by atoms with E-state index >= 15 is 0 Å². The van der Waals surface area contributed by atoms with Gasteiger partial charge in [0, 0.05) is 17.0 Å². The van der Waals surface area contributed by atoms with Crippen molar-refractivity contribution in [2.24, 2.45) is 5.84 Å². The monoisotopic (exact) mass is 269 g/mol. The topological polar surface area (TPSA) is 76.7 Å². The number of nitrogens with one attached hydrogen (secondary N) is 1. The standard InChI is InChI=1S/C13H11N5S/c14-18-12-6-10(9-4-2-1-3-5-9)16-13(17-12)11-7-19-8-15-11/h1-8H,14H2,(H,16,17,18). The van der Waals surface area contributed by atoms with Gasteiger partial charge in [0.15, 0.2) is 5.82 Å². The van der Waals surface area contributed by atoms with Crippen LogP contribution in [0.3, 0.4) is 0 Å². The molecule has 5 nitrogen and oxygen atoms in total. The molecule has 3 N–H and O–H groups in total. The molecule has 0 saturated carbocycles. The van der Waals surface area contributed by atoms with Crippen molar-refractivity contribution in [3.05, 3.63) is 47.3 Å². The zero-order valence-electron chi connectivity index (χ0n) is 9.95. The van der Waals surface area contributed by atoms with Gasteiger partial charge in [-0.1, -0.05) is 30.3 Å². The molecule has 0 spiro atoms. The van der Waals surface area contributed by atoms with E-state index in [9.17, 15) is 0 Å². The first-order valence-corrected chi connectivity index (χ1v) is 6.61. The summed E-state index contributed by atoms with van der Waals surface area (Å²) in [4.78, 5) is 13.1. The van der Waals surface area contributed by atoms with E-state index in [1.807, 2.05) is 41.8 Å². The summed E-state index contributed by atoms with van der Waals surface area (Å²) in [7, 11) is 0. The largest absolute Gasteiger partial charge is 0.308 e. The smallest absolute Gasteiger partial charge is 0.181 e. The number of thiazole rings is 1. The number of anilines is 1. The highest BCUT2D eigenvalue weighted by molar-refractivity contribution is 7.07. The highest BCUT2D eigenvalue weighted by Gasteiger charge is 2.09. The molecule has 19 heavy (non-hydrogen) atoms. The van der Waals surface area contributed by atoms with Gasteiger partial charge in [-0.3, -0.25) is 0 Å². The summed E-state index contributed by atoms with van der Waals surface area (Å²) in [5.41, 5.74) is 6.89. The molecule has 0 aliphatic carbocycles. The highest BCUT2D eigenvalue weighted by atomic mass is 32.1. The van der Waals surface area contributed by atoms with Gasteiger partial charge in [0.1, 0.15) is 11.5 Å². The van der Waals surface area contributed by atoms with E-state index in [-0.39, 0.29) is 0 Å². The lowest BCUT2D eigenvalue weighted by Gasteiger charge is -2.06. The fraction of sp³-hybridized carbons (Fsp3) is 0. The average Bonchev–Trinajstić information content (AvgIpc) is 3.02. The summed E-state index contributed by atoms with van der Waals surface area (Å²) in [5.74, 6) is 6.59. The van der Waals surface area contributed by atoms with Gasteiger partial charge >= 0.3 is 0 Å². The lowest BCUT2D eigenvalue weighted by molar-refractivity contribution is 1.13. The van der Waals surface area contributed by atoms with E-state index in [2.05, 4.69) is 20.4 Å². The van der Waals surface area contributed by atoms with Crippen molar-refractivity contribution in [2.45, 2.75) is 0 Å². The summed E-state index contributed by atoms with van der Waals surface area (Å²) in [6.45, 7) is 0. The number of nitrogens with zero attached hydrogens (tertiary/aromatic N) is 3. The molecule has 94 valence electrons. The second-order valence-corrected chi connectivity index (χ2v) is 4.56. The van der Waals surface area contributed by atoms with Gasteiger partial charge in [0.05, 0.1) is 11.2 Å². The molecule has 1 aromatic carbocycles. The number of aromatic nitrogens is 3. The van der Waals surface area contributed by atoms with E-state index < -0.39 is 0 Å². The SMILES string of the molecule is NNc1cc(-c2ccccc2)nc(-c2cscn2)n1. The Morgan fingerprint density at radius 3 is 2.58 bits per heavy atom. The minimum absolute atomic E-state index is 0.565. The number of nitrogen functional groups attached to an aromatic ring is 1. The summed E-state index contributed by atoms with van der Waals surface area (Å²) in [5, 5.41) is 1.91. The molecular weight excluding hydrogens is 258 g/mol. The van der Waals surface area contributed by atoms with Crippen LogP contribution in [0, 0.1) is 0 Å². The molecule has 0 aliphatic heterocycles. The van der Waals surface area contributed by atoms with Gasteiger partial charge < -0.3 is 5.43 Å². The molecule has 2 heterocycles. The Balaban J connectivity index is 2.13. The predicted octanol–water partition coefficient (Wildman–Crippen LogP) is 2.55. The normalized spacial score (nSPS) is 10.4. The number of hydrogen-bond acceptors (Lipinski definition) is 6. The van der Waals surface area contributed by atoms with Crippen LogP contribution in [0.1, 0.15) is 0 Å². The van der Waals surface area contributed by atoms with Crippen molar-refractivity contribution >= 4 is 17.2 Å². The number of nitrogens with two attached hydrogens (primary N) is 1. The first-order valence-electron chi connectivity index (χ1n) is 5.66. The van der Waals surface area contributed by atoms with Crippen molar-refractivity contribution < 1.29 is 0 Å². The van der Waals surface area contributed by atoms with Gasteiger partial charge in [0.25, 0.3) is 0 Å². The number of hydrogen-bond donors (Lipinski definition) is 2. The lowest BCUT2D eigenvalue weighted by atomic mass is 10.1. The first kappa shape index (κ1) is 11.8. The second kappa shape index (κ2) is 5.13. The van der Waals surface area contributed by atoms with Gasteiger partial charge in [-0.05, 0) is 0 Å². The summed E-state index contributed by atoms with van der Waals surface area (Å²) in [6, 6.07) is 11.7. The molecule has 6 heteroatoms. The van der Waals surface area contributed by atoms with Gasteiger partial charge in [0.2, 0.25) is 0 Å². The van der Waals surface area contributed by atoms with Crippen LogP contribution in [0.15, 0.2) is 47.3 Å². The Labute approximate surface area is 114 Å². The second-order valence-electron chi connectivity index (χ2n) is 3.85. The Bertz CT molecular complexity index is 667. The van der Waals surface area contributed by atoms with Gasteiger partial charge in [-0.15, -0.1) is 11.3 Å². The molecule has 0 amide bonds. The van der Waals surface area contributed by atoms with Crippen LogP contribution >= 0.6 is 11.3 Å². The molecule has 0 saturated heterocycles. The highest BCUT2D eigenvalue weighted by Crippen LogP contribution is 2.23. The van der Waals surface area contributed by atoms with Crippen molar-refractivity contribution in [3.63, 3.8) is 0 Å². The van der Waals surface area contributed by atoms with E-state index in [1.54, 1.807) is 5.51 Å².